The summed E-state index contributed by atoms with van der Waals surface area (Å²) in [6.45, 7) is 10.1. The molecular weight excluding hydrogens is 855 g/mol. The van der Waals surface area contributed by atoms with Gasteiger partial charge < -0.3 is 38.8 Å². The molecule has 0 aliphatic heterocycles. The number of hydrogen-bond donors (Lipinski definition) is 2. The molecule has 356 valence electrons. The molecule has 0 aliphatic rings. The van der Waals surface area contributed by atoms with Crippen molar-refractivity contribution in [3.8, 4) is 12.1 Å². The van der Waals surface area contributed by atoms with Gasteiger partial charge in [0.25, 0.3) is 0 Å². The predicted octanol–water partition coefficient (Wildman–Crippen LogP) is 9.70. The zero-order valence-electron chi connectivity index (χ0n) is 38.5. The van der Waals surface area contributed by atoms with Gasteiger partial charge >= 0.3 is 23.9 Å². The Labute approximate surface area is 387 Å². The van der Waals surface area contributed by atoms with E-state index in [1.54, 1.807) is 6.92 Å². The minimum absolute atomic E-state index is 0.00696. The fraction of sp³-hybridized carbons (Fsp3) is 0.583. The van der Waals surface area contributed by atoms with Crippen LogP contribution in [0.3, 0.4) is 0 Å². The summed E-state index contributed by atoms with van der Waals surface area (Å²) in [7, 11) is 0. The van der Waals surface area contributed by atoms with Gasteiger partial charge in [-0.25, -0.2) is 0 Å². The van der Waals surface area contributed by atoms with E-state index in [9.17, 15) is 39.9 Å². The molecule has 1 heterocycles. The number of carbonyl (C=O) groups is 4. The van der Waals surface area contributed by atoms with Gasteiger partial charge in [0.2, 0.25) is 0 Å². The van der Waals surface area contributed by atoms with Gasteiger partial charge in [0.05, 0.1) is 75.6 Å². The number of thiophene rings is 1. The molecule has 0 radical (unpaired) electrons. The average Bonchev–Trinajstić information content (AvgIpc) is 3.60. The van der Waals surface area contributed by atoms with Gasteiger partial charge in [-0.2, -0.15) is 10.5 Å². The molecule has 65 heavy (non-hydrogen) atoms. The SMILES string of the molecule is CCCCC/C=C/CC(CC(=O)OCCOCCOCCN(CCOCCOC(=O)CC(C/C=C/CCCCC)C(=O)O)c1ccc(/N=N/c2sc(C#N)c(C)c2C#N)c(C)c1)C(=O)O. The molecule has 17 heteroatoms. The number of hydrogen-bond acceptors (Lipinski definition) is 15. The third kappa shape index (κ3) is 23.3. The molecule has 2 rings (SSSR count). The average molecular weight is 922 g/mol. The normalized spacial score (nSPS) is 12.3. The van der Waals surface area contributed by atoms with E-state index in [0.717, 1.165) is 74.0 Å². The molecule has 16 nitrogen and oxygen atoms in total. The van der Waals surface area contributed by atoms with Gasteiger partial charge in [-0.05, 0) is 81.7 Å². The van der Waals surface area contributed by atoms with E-state index in [2.05, 4.69) is 41.1 Å². The second kappa shape index (κ2) is 34.0. The van der Waals surface area contributed by atoms with Gasteiger partial charge in [-0.15, -0.1) is 21.6 Å². The Morgan fingerprint density at radius 3 is 1.68 bits per heavy atom. The lowest BCUT2D eigenvalue weighted by Gasteiger charge is -2.25. The first kappa shape index (κ1) is 55.7. The van der Waals surface area contributed by atoms with Gasteiger partial charge in [0.1, 0.15) is 30.2 Å². The van der Waals surface area contributed by atoms with Crippen molar-refractivity contribution in [3.05, 3.63) is 64.1 Å². The van der Waals surface area contributed by atoms with Crippen molar-refractivity contribution in [2.24, 2.45) is 22.1 Å². The number of unbranched alkanes of at least 4 members (excludes halogenated alkanes) is 6. The van der Waals surface area contributed by atoms with E-state index >= 15 is 0 Å². The van der Waals surface area contributed by atoms with Crippen LogP contribution < -0.4 is 4.90 Å². The van der Waals surface area contributed by atoms with Crippen LogP contribution in [0.4, 0.5) is 16.4 Å². The molecule has 0 amide bonds. The van der Waals surface area contributed by atoms with Crippen molar-refractivity contribution in [1.29, 1.82) is 10.5 Å². The number of aryl methyl sites for hydroxylation is 1. The number of ether oxygens (including phenoxy) is 5. The second-order valence-corrected chi connectivity index (χ2v) is 16.3. The van der Waals surface area contributed by atoms with E-state index in [0.29, 0.717) is 46.4 Å². The standard InChI is InChI=1S/C48H67N5O11S/c1-5-7-9-11-13-15-17-38(47(56)57)32-44(54)63-29-27-61-24-22-53(40-19-20-42(36(3)31-40)51-52-46-41(34-49)37(4)43(35-50)65-46)21-23-60-25-26-62-28-30-64-45(55)33-39(48(58)59)18-16-14-12-10-8-6-2/h13-16,19-20,31,38-39H,5-12,17-18,21-30,32-33H2,1-4H3,(H,56,57)(H,58,59)/b15-13+,16-14+,52-51+. The summed E-state index contributed by atoms with van der Waals surface area (Å²) in [5.74, 6) is -4.97. The minimum Gasteiger partial charge on any atom is -0.481 e. The number of allylic oxidation sites excluding steroid dienone is 4. The minimum atomic E-state index is -1.04. The van der Waals surface area contributed by atoms with Gasteiger partial charge in [-0.1, -0.05) is 63.8 Å². The predicted molar refractivity (Wildman–Crippen MR) is 248 cm³/mol. The maximum absolute atomic E-state index is 12.4. The Hall–Kier alpha value is -5.46. The first-order chi connectivity index (χ1) is 31.4. The molecule has 0 aliphatic carbocycles. The number of azo groups is 1. The lowest BCUT2D eigenvalue weighted by atomic mass is 10.0. The van der Waals surface area contributed by atoms with E-state index in [4.69, 9.17) is 23.7 Å². The smallest absolute Gasteiger partial charge is 0.307 e. The highest BCUT2D eigenvalue weighted by atomic mass is 32.1. The van der Waals surface area contributed by atoms with Gasteiger partial charge in [0.15, 0.2) is 5.00 Å². The van der Waals surface area contributed by atoms with Crippen molar-refractivity contribution in [2.75, 3.05) is 70.8 Å². The van der Waals surface area contributed by atoms with Crippen LogP contribution in [-0.4, -0.2) is 100 Å². The van der Waals surface area contributed by atoms with Crippen molar-refractivity contribution in [1.82, 2.24) is 0 Å². The molecule has 2 atom stereocenters. The molecular formula is C48H67N5O11S. The Morgan fingerprint density at radius 2 is 1.22 bits per heavy atom. The van der Waals surface area contributed by atoms with E-state index < -0.39 is 35.7 Å². The van der Waals surface area contributed by atoms with Crippen LogP contribution in [0.1, 0.15) is 112 Å². The van der Waals surface area contributed by atoms with Crippen molar-refractivity contribution in [3.63, 3.8) is 0 Å². The van der Waals surface area contributed by atoms with Crippen molar-refractivity contribution in [2.45, 2.75) is 105 Å². The monoisotopic (exact) mass is 921 g/mol. The number of carboxylic acid groups (broad SMARTS) is 2. The van der Waals surface area contributed by atoms with Gasteiger partial charge in [-0.3, -0.25) is 19.2 Å². The first-order valence-electron chi connectivity index (χ1n) is 22.5. The van der Waals surface area contributed by atoms with Crippen LogP contribution in [0.2, 0.25) is 0 Å². The van der Waals surface area contributed by atoms with Crippen LogP contribution in [0.25, 0.3) is 0 Å². The molecule has 2 N–H and O–H groups in total. The maximum atomic E-state index is 12.4. The van der Waals surface area contributed by atoms with E-state index in [1.165, 1.54) is 0 Å². The van der Waals surface area contributed by atoms with Crippen LogP contribution in [-0.2, 0) is 42.9 Å². The number of nitriles is 2. The highest BCUT2D eigenvalue weighted by molar-refractivity contribution is 7.16. The quantitative estimate of drug-likeness (QED) is 0.0281. The summed E-state index contributed by atoms with van der Waals surface area (Å²) < 4.78 is 27.7. The number of anilines is 1. The van der Waals surface area contributed by atoms with Gasteiger partial charge in [0, 0.05) is 18.8 Å². The molecule has 1 aromatic carbocycles. The Balaban J connectivity index is 1.90. The number of rotatable bonds is 36. The Kier molecular flexibility index (Phi) is 29.1. The molecule has 0 fully saturated rings. The zero-order chi connectivity index (χ0) is 47.7. The first-order valence-corrected chi connectivity index (χ1v) is 23.3. The van der Waals surface area contributed by atoms with Crippen LogP contribution in [0.5, 0.6) is 0 Å². The third-order valence-electron chi connectivity index (χ3n) is 10.1. The number of aliphatic carboxylic acids is 2. The lowest BCUT2D eigenvalue weighted by Crippen LogP contribution is -2.31. The van der Waals surface area contributed by atoms with E-state index in [1.807, 2.05) is 49.4 Å². The number of carboxylic acids is 2. The molecule has 0 bridgehead atoms. The largest absolute Gasteiger partial charge is 0.481 e. The fourth-order valence-electron chi connectivity index (χ4n) is 6.27. The number of benzene rings is 1. The lowest BCUT2D eigenvalue weighted by molar-refractivity contribution is -0.152. The van der Waals surface area contributed by atoms with Crippen LogP contribution >= 0.6 is 11.3 Å². The fourth-order valence-corrected chi connectivity index (χ4v) is 7.15. The van der Waals surface area contributed by atoms with Crippen LogP contribution in [0.15, 0.2) is 52.7 Å². The van der Waals surface area contributed by atoms with Crippen molar-refractivity contribution >= 4 is 51.6 Å². The second-order valence-electron chi connectivity index (χ2n) is 15.3. The number of esters is 2. The zero-order valence-corrected chi connectivity index (χ0v) is 39.3. The summed E-state index contributed by atoms with van der Waals surface area (Å²) in [5, 5.41) is 47.1. The number of nitrogens with zero attached hydrogens (tertiary/aromatic N) is 5. The van der Waals surface area contributed by atoms with Crippen molar-refractivity contribution < 1.29 is 53.1 Å². The molecule has 0 saturated heterocycles. The molecule has 0 spiro atoms. The molecule has 2 unspecified atom stereocenters. The summed E-state index contributed by atoms with van der Waals surface area (Å²) in [6, 6.07) is 9.82. The Morgan fingerprint density at radius 1 is 0.708 bits per heavy atom. The summed E-state index contributed by atoms with van der Waals surface area (Å²) in [5.41, 5.74) is 3.14. The molecule has 1 aromatic heterocycles. The number of carbonyl (C=O) groups excluding carboxylic acids is 2. The highest BCUT2D eigenvalue weighted by Crippen LogP contribution is 2.36. The van der Waals surface area contributed by atoms with Crippen LogP contribution in [0, 0.1) is 48.3 Å². The highest BCUT2D eigenvalue weighted by Gasteiger charge is 2.22. The summed E-state index contributed by atoms with van der Waals surface area (Å²) in [6.07, 6.45) is 16.0. The summed E-state index contributed by atoms with van der Waals surface area (Å²) >= 11 is 1.11. The topological polar surface area (TPSA) is 230 Å². The molecule has 2 aromatic rings. The van der Waals surface area contributed by atoms with E-state index in [-0.39, 0.29) is 71.9 Å². The Bertz CT molecular complexity index is 1930. The molecule has 0 saturated carbocycles. The third-order valence-corrected chi connectivity index (χ3v) is 11.2. The summed E-state index contributed by atoms with van der Waals surface area (Å²) in [4.78, 5) is 50.5. The maximum Gasteiger partial charge on any atom is 0.307 e.